The molecule has 0 bridgehead atoms. The molecule has 0 radical (unpaired) electrons. The maximum Gasteiger partial charge on any atom is 0.160 e. The minimum Gasteiger partial charge on any atom is -0.456 e. The van der Waals surface area contributed by atoms with Crippen LogP contribution in [0.5, 0.6) is 0 Å². The molecule has 0 saturated heterocycles. The fourth-order valence-electron chi connectivity index (χ4n) is 13.4. The molecule has 0 N–H and O–H groups in total. The SMILES string of the molecule is c1ccc(N(c2ccc(-c3c4ccccc4c(N(c4ccccc4)c4cc5ccccc5c5c4oc4ccc6ccccc6c45)c4ccccc34)c3ccccc23)c2cc3oc4ccc5ccccc5c4c3c3ccccc23)cc1. The first kappa shape index (κ1) is 44.4. The first-order valence-corrected chi connectivity index (χ1v) is 27.4. The number of nitrogens with zero attached hydrogens (tertiary/aromatic N) is 2. The van der Waals surface area contributed by atoms with Crippen molar-refractivity contribution in [1.29, 1.82) is 0 Å². The van der Waals surface area contributed by atoms with Gasteiger partial charge in [-0.15, -0.1) is 0 Å². The third kappa shape index (κ3) is 6.51. The van der Waals surface area contributed by atoms with E-state index >= 15 is 0 Å². The minimum absolute atomic E-state index is 0.849. The van der Waals surface area contributed by atoms with Gasteiger partial charge in [-0.2, -0.15) is 0 Å². The second-order valence-corrected chi connectivity index (χ2v) is 21.0. The Labute approximate surface area is 459 Å². The Hall–Kier alpha value is -10.7. The van der Waals surface area contributed by atoms with E-state index in [-0.39, 0.29) is 0 Å². The van der Waals surface area contributed by atoms with Gasteiger partial charge in [0.2, 0.25) is 0 Å². The average molecular weight is 1020 g/mol. The average Bonchev–Trinajstić information content (AvgIpc) is 4.22. The molecule has 0 fully saturated rings. The Bertz CT molecular complexity index is 5330. The predicted octanol–water partition coefficient (Wildman–Crippen LogP) is 22.2. The molecule has 0 spiro atoms. The van der Waals surface area contributed by atoms with Crippen molar-refractivity contribution in [2.45, 2.75) is 0 Å². The van der Waals surface area contributed by atoms with Crippen LogP contribution in [0.25, 0.3) is 130 Å². The molecule has 0 aliphatic heterocycles. The summed E-state index contributed by atoms with van der Waals surface area (Å²) in [7, 11) is 0. The quantitative estimate of drug-likeness (QED) is 0.149. The highest BCUT2D eigenvalue weighted by atomic mass is 16.3. The normalized spacial score (nSPS) is 12.0. The summed E-state index contributed by atoms with van der Waals surface area (Å²) in [6.45, 7) is 0. The number of anilines is 6. The molecule has 0 atom stereocenters. The molecule has 2 aromatic heterocycles. The van der Waals surface area contributed by atoms with Crippen LogP contribution >= 0.6 is 0 Å². The second kappa shape index (κ2) is 17.4. The zero-order chi connectivity index (χ0) is 52.4. The molecule has 17 rings (SSSR count). The van der Waals surface area contributed by atoms with Crippen LogP contribution < -0.4 is 9.80 Å². The summed E-state index contributed by atoms with van der Waals surface area (Å²) in [6.07, 6.45) is 0. The van der Waals surface area contributed by atoms with Gasteiger partial charge in [-0.3, -0.25) is 0 Å². The lowest BCUT2D eigenvalue weighted by molar-refractivity contribution is 0.669. The molecule has 0 aliphatic carbocycles. The second-order valence-electron chi connectivity index (χ2n) is 21.0. The fraction of sp³-hybridized carbons (Fsp3) is 0. The van der Waals surface area contributed by atoms with Gasteiger partial charge < -0.3 is 18.6 Å². The molecule has 2 heterocycles. The van der Waals surface area contributed by atoms with Crippen molar-refractivity contribution in [2.75, 3.05) is 9.80 Å². The third-order valence-corrected chi connectivity index (χ3v) is 16.7. The van der Waals surface area contributed by atoms with E-state index in [1.165, 1.54) is 27.1 Å². The summed E-state index contributed by atoms with van der Waals surface area (Å²) in [5, 5.41) is 20.7. The van der Waals surface area contributed by atoms with E-state index in [4.69, 9.17) is 8.83 Å². The van der Waals surface area contributed by atoms with Gasteiger partial charge in [-0.1, -0.05) is 224 Å². The summed E-state index contributed by atoms with van der Waals surface area (Å²) in [5.74, 6) is 0. The maximum absolute atomic E-state index is 7.21. The smallest absolute Gasteiger partial charge is 0.160 e. The molecule has 0 saturated carbocycles. The van der Waals surface area contributed by atoms with E-state index in [1.54, 1.807) is 0 Å². The van der Waals surface area contributed by atoms with Crippen molar-refractivity contribution >= 4 is 153 Å². The standard InChI is InChI=1S/C76H46N2O2/c1-3-24-50(25-4-1)77(65-46-69-73(58-34-16-15-33-57(58)65)71-52-28-10-7-21-47(52)39-43-67(71)79-69)64-42-41-61(55-31-13-14-32-56(55)64)70-59-35-17-19-37-62(59)75(63-38-20-18-36-60(63)70)78(51-26-5-2-6-27-51)66-45-49-23-9-12-30-54(49)74-72-53-29-11-8-22-48(53)40-44-68(72)80-76(66)74/h1-46H. The summed E-state index contributed by atoms with van der Waals surface area (Å²) < 4.78 is 14.1. The predicted molar refractivity (Wildman–Crippen MR) is 338 cm³/mol. The summed E-state index contributed by atoms with van der Waals surface area (Å²) in [6, 6.07) is 101. The number of para-hydroxylation sites is 2. The topological polar surface area (TPSA) is 32.8 Å². The van der Waals surface area contributed by atoms with Gasteiger partial charge in [0.1, 0.15) is 16.7 Å². The number of furan rings is 2. The Morgan fingerprint density at radius 3 is 1.29 bits per heavy atom. The van der Waals surface area contributed by atoms with Crippen molar-refractivity contribution in [2.24, 2.45) is 0 Å². The third-order valence-electron chi connectivity index (χ3n) is 16.7. The van der Waals surface area contributed by atoms with Crippen LogP contribution in [-0.4, -0.2) is 0 Å². The Balaban J connectivity index is 0.925. The summed E-state index contributed by atoms with van der Waals surface area (Å²) in [4.78, 5) is 4.89. The van der Waals surface area contributed by atoms with Gasteiger partial charge in [-0.25, -0.2) is 0 Å². The zero-order valence-electron chi connectivity index (χ0n) is 43.3. The molecule has 80 heavy (non-hydrogen) atoms. The van der Waals surface area contributed by atoms with Gasteiger partial charge in [0.05, 0.1) is 22.7 Å². The van der Waals surface area contributed by atoms with E-state index in [1.807, 2.05) is 0 Å². The highest BCUT2D eigenvalue weighted by Crippen LogP contribution is 2.54. The van der Waals surface area contributed by atoms with Crippen LogP contribution in [0.3, 0.4) is 0 Å². The largest absolute Gasteiger partial charge is 0.456 e. The van der Waals surface area contributed by atoms with E-state index in [9.17, 15) is 0 Å². The monoisotopic (exact) mass is 1020 g/mol. The molecular weight excluding hydrogens is 973 g/mol. The lowest BCUT2D eigenvalue weighted by Gasteiger charge is -2.30. The molecule has 0 amide bonds. The number of hydrogen-bond acceptors (Lipinski definition) is 4. The van der Waals surface area contributed by atoms with Gasteiger partial charge >= 0.3 is 0 Å². The van der Waals surface area contributed by atoms with Gasteiger partial charge in [0.15, 0.2) is 5.58 Å². The van der Waals surface area contributed by atoms with Crippen molar-refractivity contribution in [3.63, 3.8) is 0 Å². The first-order chi connectivity index (χ1) is 39.7. The van der Waals surface area contributed by atoms with Crippen molar-refractivity contribution in [3.05, 3.63) is 279 Å². The molecular formula is C76H46N2O2. The number of rotatable bonds is 7. The summed E-state index contributed by atoms with van der Waals surface area (Å²) in [5.41, 5.74) is 12.1. The summed E-state index contributed by atoms with van der Waals surface area (Å²) >= 11 is 0. The fourth-order valence-corrected chi connectivity index (χ4v) is 13.4. The highest BCUT2D eigenvalue weighted by molar-refractivity contribution is 6.32. The maximum atomic E-state index is 7.21. The van der Waals surface area contributed by atoms with E-state index < -0.39 is 0 Å². The van der Waals surface area contributed by atoms with Gasteiger partial charge in [0.25, 0.3) is 0 Å². The van der Waals surface area contributed by atoms with Gasteiger partial charge in [-0.05, 0) is 114 Å². The zero-order valence-corrected chi connectivity index (χ0v) is 43.3. The lowest BCUT2D eigenvalue weighted by Crippen LogP contribution is -2.12. The van der Waals surface area contributed by atoms with Crippen LogP contribution in [0.2, 0.25) is 0 Å². The van der Waals surface area contributed by atoms with Crippen LogP contribution in [0.15, 0.2) is 288 Å². The molecule has 15 aromatic carbocycles. The molecule has 0 aliphatic rings. The Kier molecular flexibility index (Phi) is 9.68. The molecule has 0 unspecified atom stereocenters. The number of fused-ring (bicyclic) bond motifs is 17. The molecule has 4 heteroatoms. The molecule has 372 valence electrons. The molecule has 4 nitrogen and oxygen atoms in total. The Morgan fingerprint density at radius 1 is 0.237 bits per heavy atom. The Morgan fingerprint density at radius 2 is 0.675 bits per heavy atom. The van der Waals surface area contributed by atoms with Crippen LogP contribution in [0, 0.1) is 0 Å². The van der Waals surface area contributed by atoms with Crippen LogP contribution in [0.1, 0.15) is 0 Å². The van der Waals surface area contributed by atoms with Crippen molar-refractivity contribution in [3.8, 4) is 11.1 Å². The van der Waals surface area contributed by atoms with Crippen LogP contribution in [-0.2, 0) is 0 Å². The van der Waals surface area contributed by atoms with E-state index in [0.29, 0.717) is 0 Å². The number of benzene rings is 15. The first-order valence-electron chi connectivity index (χ1n) is 27.4. The van der Waals surface area contributed by atoms with Crippen molar-refractivity contribution < 1.29 is 8.83 Å². The van der Waals surface area contributed by atoms with Crippen LogP contribution in [0.4, 0.5) is 34.1 Å². The van der Waals surface area contributed by atoms with Gasteiger partial charge in [0, 0.05) is 60.5 Å². The lowest BCUT2D eigenvalue weighted by atomic mass is 9.87. The van der Waals surface area contributed by atoms with E-state index in [0.717, 1.165) is 137 Å². The van der Waals surface area contributed by atoms with Crippen molar-refractivity contribution in [1.82, 2.24) is 0 Å². The number of hydrogen-bond donors (Lipinski definition) is 0. The van der Waals surface area contributed by atoms with E-state index in [2.05, 4.69) is 289 Å². The molecule has 17 aromatic rings. The minimum atomic E-state index is 0.849. The highest BCUT2D eigenvalue weighted by Gasteiger charge is 2.29.